The van der Waals surface area contributed by atoms with Crippen LogP contribution in [0.2, 0.25) is 0 Å². The Hall–Kier alpha value is -2.34. The van der Waals surface area contributed by atoms with Gasteiger partial charge in [-0.3, -0.25) is 0 Å². The van der Waals surface area contributed by atoms with Crippen LogP contribution >= 0.6 is 0 Å². The summed E-state index contributed by atoms with van der Waals surface area (Å²) < 4.78 is 13.6. The third-order valence-corrected chi connectivity index (χ3v) is 3.04. The van der Waals surface area contributed by atoms with Crippen molar-refractivity contribution in [1.82, 2.24) is 0 Å². The number of anilines is 1. The van der Waals surface area contributed by atoms with E-state index in [-0.39, 0.29) is 5.82 Å². The number of aryl methyl sites for hydroxylation is 1. The Labute approximate surface area is 112 Å². The number of nitriles is 1. The number of nitrogens with one attached hydrogen (secondary N) is 1. The van der Waals surface area contributed by atoms with Crippen molar-refractivity contribution in [2.75, 3.05) is 5.32 Å². The lowest BCUT2D eigenvalue weighted by Crippen LogP contribution is -2.03. The third-order valence-electron chi connectivity index (χ3n) is 3.04. The van der Waals surface area contributed by atoms with Gasteiger partial charge in [0.15, 0.2) is 0 Å². The molecule has 0 saturated carbocycles. The highest BCUT2D eigenvalue weighted by Crippen LogP contribution is 2.21. The normalized spacial score (nSPS) is 10.0. The second-order valence-corrected chi connectivity index (χ2v) is 4.59. The summed E-state index contributed by atoms with van der Waals surface area (Å²) in [7, 11) is 0. The minimum atomic E-state index is -0.356. The molecule has 2 rings (SSSR count). The van der Waals surface area contributed by atoms with Crippen molar-refractivity contribution in [3.63, 3.8) is 0 Å². The second-order valence-electron chi connectivity index (χ2n) is 4.59. The maximum atomic E-state index is 13.6. The van der Waals surface area contributed by atoms with Crippen molar-refractivity contribution in [1.29, 1.82) is 5.26 Å². The van der Waals surface area contributed by atoms with Gasteiger partial charge in [0.25, 0.3) is 0 Å². The van der Waals surface area contributed by atoms with Crippen molar-refractivity contribution >= 4 is 5.69 Å². The monoisotopic (exact) mass is 254 g/mol. The quantitative estimate of drug-likeness (QED) is 0.900. The first-order valence-corrected chi connectivity index (χ1v) is 6.10. The van der Waals surface area contributed by atoms with E-state index in [1.54, 1.807) is 13.0 Å². The third kappa shape index (κ3) is 3.11. The average molecular weight is 254 g/mol. The second kappa shape index (κ2) is 5.53. The molecule has 0 unspecified atom stereocenters. The van der Waals surface area contributed by atoms with Gasteiger partial charge in [0, 0.05) is 17.8 Å². The fourth-order valence-corrected chi connectivity index (χ4v) is 1.95. The van der Waals surface area contributed by atoms with E-state index in [4.69, 9.17) is 5.26 Å². The van der Waals surface area contributed by atoms with Crippen molar-refractivity contribution in [2.45, 2.75) is 20.4 Å². The number of hydrogen-bond acceptors (Lipinski definition) is 2. The van der Waals surface area contributed by atoms with Crippen LogP contribution < -0.4 is 5.32 Å². The van der Waals surface area contributed by atoms with Crippen molar-refractivity contribution < 1.29 is 4.39 Å². The molecule has 0 bridgehead atoms. The van der Waals surface area contributed by atoms with Crippen molar-refractivity contribution in [3.8, 4) is 6.07 Å². The molecule has 2 nitrogen and oxygen atoms in total. The van der Waals surface area contributed by atoms with Crippen LogP contribution in [0.3, 0.4) is 0 Å². The molecule has 19 heavy (non-hydrogen) atoms. The minimum Gasteiger partial charge on any atom is -0.381 e. The van der Waals surface area contributed by atoms with Crippen LogP contribution in [0, 0.1) is 31.0 Å². The number of rotatable bonds is 3. The molecule has 0 aromatic heterocycles. The summed E-state index contributed by atoms with van der Waals surface area (Å²) in [6.07, 6.45) is 0. The van der Waals surface area contributed by atoms with Crippen LogP contribution in [0.1, 0.15) is 22.3 Å². The van der Waals surface area contributed by atoms with Gasteiger partial charge in [0.05, 0.1) is 11.6 Å². The van der Waals surface area contributed by atoms with Crippen LogP contribution in [0.25, 0.3) is 0 Å². The minimum absolute atomic E-state index is 0.329. The Bertz CT molecular complexity index is 642. The zero-order chi connectivity index (χ0) is 13.8. The maximum absolute atomic E-state index is 13.6. The molecule has 0 amide bonds. The van der Waals surface area contributed by atoms with E-state index >= 15 is 0 Å². The molecule has 0 aliphatic carbocycles. The summed E-state index contributed by atoms with van der Waals surface area (Å²) in [6.45, 7) is 4.34. The topological polar surface area (TPSA) is 35.8 Å². The Balaban J connectivity index is 2.20. The van der Waals surface area contributed by atoms with Gasteiger partial charge in [0.1, 0.15) is 5.82 Å². The maximum Gasteiger partial charge on any atom is 0.129 e. The Morgan fingerprint density at radius 2 is 2.00 bits per heavy atom. The Morgan fingerprint density at radius 3 is 2.68 bits per heavy atom. The first-order valence-electron chi connectivity index (χ1n) is 6.10. The van der Waals surface area contributed by atoms with E-state index in [2.05, 4.69) is 11.4 Å². The summed E-state index contributed by atoms with van der Waals surface area (Å²) in [5.74, 6) is -0.356. The van der Waals surface area contributed by atoms with Crippen LogP contribution in [-0.2, 0) is 6.54 Å². The van der Waals surface area contributed by atoms with Gasteiger partial charge in [-0.2, -0.15) is 5.26 Å². The van der Waals surface area contributed by atoms with E-state index in [1.807, 2.05) is 31.2 Å². The largest absolute Gasteiger partial charge is 0.381 e. The Morgan fingerprint density at radius 1 is 1.21 bits per heavy atom. The van der Waals surface area contributed by atoms with E-state index in [1.165, 1.54) is 11.6 Å². The SMILES string of the molecule is Cc1cccc(CNc2cc(C#N)cc(F)c2C)c1. The molecular formula is C16H15FN2. The standard InChI is InChI=1S/C16H15FN2/c1-11-4-3-5-13(6-11)10-19-16-8-14(9-18)7-15(17)12(16)2/h3-8,19H,10H2,1-2H3. The van der Waals surface area contributed by atoms with Crippen molar-refractivity contribution in [2.24, 2.45) is 0 Å². The van der Waals surface area contributed by atoms with E-state index in [9.17, 15) is 4.39 Å². The van der Waals surface area contributed by atoms with Gasteiger partial charge in [-0.05, 0) is 31.5 Å². The molecule has 0 radical (unpaired) electrons. The van der Waals surface area contributed by atoms with Gasteiger partial charge >= 0.3 is 0 Å². The summed E-state index contributed by atoms with van der Waals surface area (Å²) in [6, 6.07) is 13.0. The molecule has 0 spiro atoms. The first-order chi connectivity index (χ1) is 9.10. The van der Waals surface area contributed by atoms with E-state index in [0.29, 0.717) is 23.4 Å². The van der Waals surface area contributed by atoms with Crippen molar-refractivity contribution in [3.05, 3.63) is 64.5 Å². The summed E-state index contributed by atoms with van der Waals surface area (Å²) in [5.41, 5.74) is 3.84. The van der Waals surface area contributed by atoms with E-state index < -0.39 is 0 Å². The lowest BCUT2D eigenvalue weighted by atomic mass is 10.1. The molecule has 3 heteroatoms. The van der Waals surface area contributed by atoms with Crippen LogP contribution in [0.5, 0.6) is 0 Å². The number of nitrogens with zero attached hydrogens (tertiary/aromatic N) is 1. The molecule has 0 fully saturated rings. The highest BCUT2D eigenvalue weighted by molar-refractivity contribution is 5.56. The number of hydrogen-bond donors (Lipinski definition) is 1. The molecule has 2 aromatic carbocycles. The fraction of sp³-hybridized carbons (Fsp3) is 0.188. The molecule has 0 atom stereocenters. The van der Waals surface area contributed by atoms with Gasteiger partial charge < -0.3 is 5.32 Å². The van der Waals surface area contributed by atoms with Gasteiger partial charge in [0.2, 0.25) is 0 Å². The lowest BCUT2D eigenvalue weighted by molar-refractivity contribution is 0.618. The molecule has 96 valence electrons. The van der Waals surface area contributed by atoms with E-state index in [0.717, 1.165) is 5.56 Å². The predicted octanol–water partition coefficient (Wildman–Crippen LogP) is 3.93. The zero-order valence-electron chi connectivity index (χ0n) is 11.0. The molecular weight excluding hydrogens is 239 g/mol. The zero-order valence-corrected chi connectivity index (χ0v) is 11.0. The van der Waals surface area contributed by atoms with Gasteiger partial charge in [-0.1, -0.05) is 29.8 Å². The molecule has 0 saturated heterocycles. The van der Waals surface area contributed by atoms with Gasteiger partial charge in [-0.15, -0.1) is 0 Å². The lowest BCUT2D eigenvalue weighted by Gasteiger charge is -2.11. The predicted molar refractivity (Wildman–Crippen MR) is 74.4 cm³/mol. The number of halogens is 1. The molecule has 2 aromatic rings. The van der Waals surface area contributed by atoms with Crippen LogP contribution in [0.15, 0.2) is 36.4 Å². The molecule has 0 heterocycles. The number of benzene rings is 2. The summed E-state index contributed by atoms with van der Waals surface area (Å²) >= 11 is 0. The molecule has 0 aliphatic heterocycles. The molecule has 0 aliphatic rings. The smallest absolute Gasteiger partial charge is 0.129 e. The summed E-state index contributed by atoms with van der Waals surface area (Å²) in [5, 5.41) is 12.0. The molecule has 1 N–H and O–H groups in total. The highest BCUT2D eigenvalue weighted by Gasteiger charge is 2.06. The van der Waals surface area contributed by atoms with Crippen LogP contribution in [0.4, 0.5) is 10.1 Å². The fourth-order valence-electron chi connectivity index (χ4n) is 1.95. The summed E-state index contributed by atoms with van der Waals surface area (Å²) in [4.78, 5) is 0. The average Bonchev–Trinajstić information content (AvgIpc) is 2.40. The van der Waals surface area contributed by atoms with Crippen LogP contribution in [-0.4, -0.2) is 0 Å². The highest BCUT2D eigenvalue weighted by atomic mass is 19.1. The van der Waals surface area contributed by atoms with Gasteiger partial charge in [-0.25, -0.2) is 4.39 Å². The Kier molecular flexibility index (Phi) is 3.82. The first kappa shape index (κ1) is 13.1.